The first-order valence-corrected chi connectivity index (χ1v) is 12.7. The summed E-state index contributed by atoms with van der Waals surface area (Å²) in [6.45, 7) is 5.97. The van der Waals surface area contributed by atoms with E-state index in [0.717, 1.165) is 48.4 Å². The molecule has 1 aromatic heterocycles. The van der Waals surface area contributed by atoms with Crippen molar-refractivity contribution in [2.45, 2.75) is 57.4 Å². The second-order valence-corrected chi connectivity index (χ2v) is 10.2. The Kier molecular flexibility index (Phi) is 6.62. The molecular formula is C24H30N4O3S. The molecule has 7 nitrogen and oxygen atoms in total. The molecule has 2 heterocycles. The van der Waals surface area contributed by atoms with Gasteiger partial charge in [0, 0.05) is 38.2 Å². The van der Waals surface area contributed by atoms with Crippen molar-refractivity contribution >= 4 is 32.7 Å². The highest BCUT2D eigenvalue weighted by atomic mass is 32.2. The molecule has 8 heteroatoms. The summed E-state index contributed by atoms with van der Waals surface area (Å²) in [5.41, 5.74) is 3.40. The van der Waals surface area contributed by atoms with Crippen LogP contribution in [0.3, 0.4) is 0 Å². The molecule has 1 N–H and O–H groups in total. The predicted molar refractivity (Wildman–Crippen MR) is 126 cm³/mol. The van der Waals surface area contributed by atoms with Crippen LogP contribution >= 0.6 is 0 Å². The number of rotatable bonds is 8. The lowest BCUT2D eigenvalue weighted by atomic mass is 10.2. The van der Waals surface area contributed by atoms with Gasteiger partial charge in [0.15, 0.2) is 0 Å². The van der Waals surface area contributed by atoms with Gasteiger partial charge in [-0.05, 0) is 56.0 Å². The molecule has 0 saturated carbocycles. The largest absolute Gasteiger partial charge is 0.328 e. The molecule has 0 atom stereocenters. The van der Waals surface area contributed by atoms with Crippen LogP contribution in [0.25, 0.3) is 11.0 Å². The van der Waals surface area contributed by atoms with Crippen molar-refractivity contribution in [1.29, 1.82) is 0 Å². The van der Waals surface area contributed by atoms with E-state index in [4.69, 9.17) is 4.98 Å². The number of hydrogen-bond donors (Lipinski definition) is 1. The van der Waals surface area contributed by atoms with Crippen molar-refractivity contribution in [3.05, 3.63) is 53.9 Å². The number of hydrogen-bond acceptors (Lipinski definition) is 4. The quantitative estimate of drug-likeness (QED) is 0.555. The van der Waals surface area contributed by atoms with E-state index in [2.05, 4.69) is 16.8 Å². The van der Waals surface area contributed by atoms with E-state index < -0.39 is 10.0 Å². The van der Waals surface area contributed by atoms with Crippen LogP contribution in [-0.2, 0) is 27.8 Å². The molecule has 1 fully saturated rings. The van der Waals surface area contributed by atoms with Gasteiger partial charge < -0.3 is 9.88 Å². The maximum Gasteiger partial charge on any atom is 0.243 e. The minimum atomic E-state index is -3.49. The average molecular weight is 455 g/mol. The average Bonchev–Trinajstić information content (AvgIpc) is 3.43. The number of nitrogens with zero attached hydrogens (tertiary/aromatic N) is 3. The number of benzene rings is 2. The van der Waals surface area contributed by atoms with E-state index in [1.165, 1.54) is 0 Å². The second kappa shape index (κ2) is 9.42. The number of fused-ring (bicyclic) bond motifs is 1. The zero-order valence-electron chi connectivity index (χ0n) is 18.7. The molecule has 32 heavy (non-hydrogen) atoms. The van der Waals surface area contributed by atoms with Crippen molar-refractivity contribution in [2.24, 2.45) is 0 Å². The highest BCUT2D eigenvalue weighted by Crippen LogP contribution is 2.26. The van der Waals surface area contributed by atoms with Crippen molar-refractivity contribution in [2.75, 3.05) is 18.4 Å². The number of aryl methyl sites for hydroxylation is 3. The Bertz CT molecular complexity index is 1230. The van der Waals surface area contributed by atoms with Gasteiger partial charge in [-0.25, -0.2) is 13.4 Å². The third-order valence-electron chi connectivity index (χ3n) is 5.94. The van der Waals surface area contributed by atoms with Crippen LogP contribution in [0.2, 0.25) is 0 Å². The van der Waals surface area contributed by atoms with Gasteiger partial charge in [0.25, 0.3) is 0 Å². The number of anilines is 1. The molecule has 1 aliphatic rings. The normalized spacial score (nSPS) is 14.8. The number of carbonyl (C=O) groups excluding carboxylic acids is 1. The summed E-state index contributed by atoms with van der Waals surface area (Å²) in [5.74, 6) is 0.740. The van der Waals surface area contributed by atoms with Gasteiger partial charge in [-0.2, -0.15) is 4.31 Å². The van der Waals surface area contributed by atoms with E-state index in [-0.39, 0.29) is 10.8 Å². The van der Waals surface area contributed by atoms with Crippen molar-refractivity contribution in [1.82, 2.24) is 13.9 Å². The third-order valence-corrected chi connectivity index (χ3v) is 7.84. The van der Waals surface area contributed by atoms with Crippen molar-refractivity contribution in [3.63, 3.8) is 0 Å². The lowest BCUT2D eigenvalue weighted by molar-refractivity contribution is -0.116. The molecule has 1 aliphatic heterocycles. The Morgan fingerprint density at radius 1 is 1.12 bits per heavy atom. The Morgan fingerprint density at radius 2 is 1.88 bits per heavy atom. The molecule has 0 bridgehead atoms. The van der Waals surface area contributed by atoms with Gasteiger partial charge in [0.2, 0.25) is 15.9 Å². The number of para-hydroxylation sites is 1. The smallest absolute Gasteiger partial charge is 0.243 e. The minimum Gasteiger partial charge on any atom is -0.328 e. The van der Waals surface area contributed by atoms with Crippen LogP contribution < -0.4 is 5.32 Å². The summed E-state index contributed by atoms with van der Waals surface area (Å²) in [4.78, 5) is 17.5. The zero-order valence-corrected chi connectivity index (χ0v) is 19.5. The summed E-state index contributed by atoms with van der Waals surface area (Å²) in [6, 6.07) is 12.9. The van der Waals surface area contributed by atoms with Crippen molar-refractivity contribution < 1.29 is 13.2 Å². The Hall–Kier alpha value is -2.71. The fraction of sp³-hybridized carbons (Fsp3) is 0.417. The van der Waals surface area contributed by atoms with Gasteiger partial charge in [0.05, 0.1) is 15.9 Å². The van der Waals surface area contributed by atoms with Crippen LogP contribution in [-0.4, -0.2) is 41.3 Å². The Morgan fingerprint density at radius 3 is 2.59 bits per heavy atom. The van der Waals surface area contributed by atoms with Gasteiger partial charge >= 0.3 is 0 Å². The summed E-state index contributed by atoms with van der Waals surface area (Å²) < 4.78 is 29.5. The molecule has 0 radical (unpaired) electrons. The zero-order chi connectivity index (χ0) is 22.7. The topological polar surface area (TPSA) is 84.3 Å². The van der Waals surface area contributed by atoms with Crippen molar-refractivity contribution in [3.8, 4) is 0 Å². The number of sulfonamides is 1. The second-order valence-electron chi connectivity index (χ2n) is 8.30. The lowest BCUT2D eigenvalue weighted by Crippen LogP contribution is -2.27. The molecule has 1 saturated heterocycles. The Labute approximate surface area is 189 Å². The fourth-order valence-electron chi connectivity index (χ4n) is 4.21. The van der Waals surface area contributed by atoms with Crippen LogP contribution in [0, 0.1) is 6.92 Å². The summed E-state index contributed by atoms with van der Waals surface area (Å²) in [7, 11) is -3.49. The number of nitrogens with one attached hydrogen (secondary N) is 1. The summed E-state index contributed by atoms with van der Waals surface area (Å²) >= 11 is 0. The first-order valence-electron chi connectivity index (χ1n) is 11.2. The molecule has 4 rings (SSSR count). The van der Waals surface area contributed by atoms with Gasteiger partial charge in [0.1, 0.15) is 5.82 Å². The maximum atomic E-state index is 13.0. The molecule has 3 aromatic rings. The SMILES string of the molecule is CCCn1c(CCC(=O)Nc2ccccc2C)nc2cc(S(=O)(=O)N3CCCC3)ccc21. The molecule has 0 unspecified atom stereocenters. The van der Waals surface area contributed by atoms with Gasteiger partial charge in [-0.3, -0.25) is 4.79 Å². The monoisotopic (exact) mass is 454 g/mol. The third kappa shape index (κ3) is 4.56. The predicted octanol–water partition coefficient (Wildman–Crippen LogP) is 4.11. The minimum absolute atomic E-state index is 0.0632. The molecule has 0 spiro atoms. The number of carbonyl (C=O) groups is 1. The van der Waals surface area contributed by atoms with E-state index >= 15 is 0 Å². The van der Waals surface area contributed by atoms with E-state index in [1.54, 1.807) is 16.4 Å². The van der Waals surface area contributed by atoms with Crippen LogP contribution in [0.15, 0.2) is 47.4 Å². The first-order chi connectivity index (χ1) is 15.4. The number of aromatic nitrogens is 2. The first kappa shape index (κ1) is 22.5. The summed E-state index contributed by atoms with van der Waals surface area (Å²) in [6.07, 6.45) is 3.52. The van der Waals surface area contributed by atoms with Gasteiger partial charge in [-0.1, -0.05) is 25.1 Å². The van der Waals surface area contributed by atoms with E-state index in [9.17, 15) is 13.2 Å². The molecule has 170 valence electrons. The lowest BCUT2D eigenvalue weighted by Gasteiger charge is -2.15. The molecule has 2 aromatic carbocycles. The van der Waals surface area contributed by atoms with E-state index in [0.29, 0.717) is 31.4 Å². The highest BCUT2D eigenvalue weighted by molar-refractivity contribution is 7.89. The van der Waals surface area contributed by atoms with E-state index in [1.807, 2.05) is 37.3 Å². The molecule has 1 amide bonds. The maximum absolute atomic E-state index is 13.0. The fourth-order valence-corrected chi connectivity index (χ4v) is 5.75. The standard InChI is InChI=1S/C24H30N4O3S/c1-3-14-28-22-11-10-19(32(30,31)27-15-6-7-16-27)17-21(22)25-23(28)12-13-24(29)26-20-9-5-4-8-18(20)2/h4-5,8-11,17H,3,6-7,12-16H2,1-2H3,(H,26,29). The molecule has 0 aliphatic carbocycles. The number of amides is 1. The van der Waals surface area contributed by atoms with Crippen LogP contribution in [0.4, 0.5) is 5.69 Å². The Balaban J connectivity index is 1.56. The number of imidazole rings is 1. The highest BCUT2D eigenvalue weighted by Gasteiger charge is 2.27. The van der Waals surface area contributed by atoms with Gasteiger partial charge in [-0.15, -0.1) is 0 Å². The van der Waals surface area contributed by atoms with Crippen LogP contribution in [0.1, 0.15) is 44.0 Å². The van der Waals surface area contributed by atoms with Crippen LogP contribution in [0.5, 0.6) is 0 Å². The summed E-state index contributed by atoms with van der Waals surface area (Å²) in [5, 5.41) is 2.97. The molecular weight excluding hydrogens is 424 g/mol.